The number of nitrogens with zero attached hydrogens (tertiary/aromatic N) is 3. The van der Waals surface area contributed by atoms with Gasteiger partial charge >= 0.3 is 12.3 Å². The lowest BCUT2D eigenvalue weighted by Crippen LogP contribution is -2.44. The summed E-state index contributed by atoms with van der Waals surface area (Å²) in [4.78, 5) is 27.9. The molecule has 1 saturated heterocycles. The Kier molecular flexibility index (Phi) is 8.27. The molecule has 0 bridgehead atoms. The number of amides is 2. The Balaban J connectivity index is 1.62. The highest BCUT2D eigenvalue weighted by Gasteiger charge is 2.54. The van der Waals surface area contributed by atoms with Gasteiger partial charge in [-0.1, -0.05) is 29.5 Å². The van der Waals surface area contributed by atoms with Gasteiger partial charge in [-0.05, 0) is 69.5 Å². The molecule has 2 aliphatic rings. The molecule has 1 aromatic heterocycles. The summed E-state index contributed by atoms with van der Waals surface area (Å²) >= 11 is 6.42. The van der Waals surface area contributed by atoms with Crippen LogP contribution in [0.1, 0.15) is 50.8 Å². The number of hydrogen-bond donors (Lipinski definition) is 3. The number of guanidine groups is 1. The zero-order chi connectivity index (χ0) is 33.7. The number of carbonyl (C=O) groups excluding carboxylic acids is 2. The quantitative estimate of drug-likeness (QED) is 0.213. The number of nitrogens with one attached hydrogen (secondary N) is 3. The van der Waals surface area contributed by atoms with Crippen LogP contribution in [0.5, 0.6) is 0 Å². The predicted molar refractivity (Wildman–Crippen MR) is 157 cm³/mol. The molecular weight excluding hydrogens is 635 g/mol. The third-order valence-corrected chi connectivity index (χ3v) is 8.17. The molecule has 1 saturated carbocycles. The van der Waals surface area contributed by atoms with Gasteiger partial charge in [0.1, 0.15) is 23.7 Å². The molecule has 1 unspecified atom stereocenters. The number of rotatable bonds is 7. The van der Waals surface area contributed by atoms with Crippen molar-refractivity contribution < 1.29 is 36.3 Å². The molecule has 1 aliphatic carbocycles. The lowest BCUT2D eigenvalue weighted by molar-refractivity contribution is -0.190. The van der Waals surface area contributed by atoms with E-state index < -0.39 is 70.5 Å². The van der Waals surface area contributed by atoms with E-state index in [1.807, 2.05) is 12.8 Å². The molecule has 3 N–H and O–H groups in total. The molecule has 3 aromatic rings. The average molecular weight is 663 g/mol. The summed E-state index contributed by atoms with van der Waals surface area (Å²) in [5, 5.41) is 18.4. The highest BCUT2D eigenvalue weighted by molar-refractivity contribution is 6.32. The van der Waals surface area contributed by atoms with E-state index in [1.54, 1.807) is 12.3 Å². The molecule has 2 aromatic carbocycles. The second-order valence-electron chi connectivity index (χ2n) is 11.9. The molecule has 0 spiro atoms. The van der Waals surface area contributed by atoms with Crippen molar-refractivity contribution in [3.05, 3.63) is 82.6 Å². The molecule has 9 nitrogen and oxygen atoms in total. The number of aromatic nitrogens is 2. The maximum atomic E-state index is 14.5. The van der Waals surface area contributed by atoms with E-state index in [4.69, 9.17) is 21.7 Å². The van der Waals surface area contributed by atoms with Crippen LogP contribution in [0.25, 0.3) is 5.69 Å². The van der Waals surface area contributed by atoms with E-state index in [0.29, 0.717) is 11.8 Å². The van der Waals surface area contributed by atoms with Crippen LogP contribution in [0.4, 0.5) is 26.7 Å². The fourth-order valence-corrected chi connectivity index (χ4v) is 4.91. The Morgan fingerprint density at radius 3 is 2.46 bits per heavy atom. The van der Waals surface area contributed by atoms with Gasteiger partial charge < -0.3 is 15.4 Å². The second kappa shape index (κ2) is 11.6. The van der Waals surface area contributed by atoms with Crippen molar-refractivity contribution in [3.8, 4) is 17.5 Å². The zero-order valence-electron chi connectivity index (χ0n) is 24.7. The van der Waals surface area contributed by atoms with Crippen LogP contribution in [0.2, 0.25) is 5.02 Å². The summed E-state index contributed by atoms with van der Waals surface area (Å²) in [6.07, 6.45) is -1.07. The first kappa shape index (κ1) is 32.7. The van der Waals surface area contributed by atoms with Gasteiger partial charge in [-0.2, -0.15) is 18.3 Å². The highest BCUT2D eigenvalue weighted by Crippen LogP contribution is 2.40. The number of alkyl carbamates (subject to hydrolysis) is 1. The summed E-state index contributed by atoms with van der Waals surface area (Å²) in [7, 11) is 0. The molecule has 5 rings (SSSR count). The third kappa shape index (κ3) is 6.37. The number of benzene rings is 2. The largest absolute Gasteiger partial charge is 0.447 e. The van der Waals surface area contributed by atoms with E-state index in [0.717, 1.165) is 43.7 Å². The van der Waals surface area contributed by atoms with E-state index in [9.17, 15) is 31.5 Å². The first-order valence-electron chi connectivity index (χ1n) is 14.0. The summed E-state index contributed by atoms with van der Waals surface area (Å²) in [5.74, 6) is 0.250. The van der Waals surface area contributed by atoms with Crippen LogP contribution in [-0.2, 0) is 15.1 Å². The van der Waals surface area contributed by atoms with Crippen LogP contribution in [0.3, 0.4) is 0 Å². The summed E-state index contributed by atoms with van der Waals surface area (Å²) < 4.78 is 77.2. The maximum Gasteiger partial charge on any atom is 0.407 e. The lowest BCUT2D eigenvalue weighted by Gasteiger charge is -2.29. The van der Waals surface area contributed by atoms with E-state index in [2.05, 4.69) is 21.7 Å². The average Bonchev–Trinajstić information content (AvgIpc) is 3.34. The Labute approximate surface area is 265 Å². The van der Waals surface area contributed by atoms with Crippen molar-refractivity contribution >= 4 is 29.6 Å². The van der Waals surface area contributed by atoms with Gasteiger partial charge in [0.05, 0.1) is 16.8 Å². The number of carbonyl (C=O) groups is 2. The van der Waals surface area contributed by atoms with Gasteiger partial charge in [-0.15, -0.1) is 0 Å². The molecule has 46 heavy (non-hydrogen) atoms. The van der Waals surface area contributed by atoms with Crippen molar-refractivity contribution in [1.82, 2.24) is 25.3 Å². The van der Waals surface area contributed by atoms with Crippen molar-refractivity contribution in [2.24, 2.45) is 5.41 Å². The fraction of sp³-hybridized carbons (Fsp3) is 0.355. The van der Waals surface area contributed by atoms with Crippen LogP contribution in [0.15, 0.2) is 54.9 Å². The zero-order valence-corrected chi connectivity index (χ0v) is 25.5. The molecule has 2 amide bonds. The smallest absolute Gasteiger partial charge is 0.407 e. The van der Waals surface area contributed by atoms with Crippen LogP contribution in [0, 0.1) is 34.3 Å². The molecule has 2 heterocycles. The van der Waals surface area contributed by atoms with Crippen molar-refractivity contribution in [1.29, 1.82) is 5.41 Å². The number of ether oxygens (including phenoxy) is 1. The standard InChI is InChI=1S/C31H28ClF5N6O3/c1-28(2,31(35,36)37)7-10-30(19-14-20(33)16-21(34)15-19)25(44)43(26(38)40-30)24(17-46-27(45)41-29(3)8-9-29)18-5-6-22(32)23(13-18)42-12-4-11-39-42/h4-6,11-16,24H,8-9,17H2,1-3H3,(H2,38,40)(H,41,45)/t24?,30-/m1/s1. The summed E-state index contributed by atoms with van der Waals surface area (Å²) in [6.45, 7) is 2.84. The van der Waals surface area contributed by atoms with Gasteiger partial charge in [0.25, 0.3) is 5.91 Å². The van der Waals surface area contributed by atoms with E-state index >= 15 is 0 Å². The lowest BCUT2D eigenvalue weighted by atomic mass is 9.86. The topological polar surface area (TPSA) is 112 Å². The molecule has 15 heteroatoms. The van der Waals surface area contributed by atoms with Crippen LogP contribution < -0.4 is 10.6 Å². The number of hydrogen-bond acceptors (Lipinski definition) is 5. The van der Waals surface area contributed by atoms with E-state index in [1.165, 1.54) is 29.1 Å². The molecule has 0 radical (unpaired) electrons. The van der Waals surface area contributed by atoms with Gasteiger partial charge in [0.15, 0.2) is 0 Å². The van der Waals surface area contributed by atoms with Gasteiger partial charge in [0, 0.05) is 29.6 Å². The predicted octanol–water partition coefficient (Wildman–Crippen LogP) is 5.98. The fourth-order valence-electron chi connectivity index (χ4n) is 4.71. The molecular formula is C31H28ClF5N6O3. The summed E-state index contributed by atoms with van der Waals surface area (Å²) in [5.41, 5.74) is -5.46. The van der Waals surface area contributed by atoms with Gasteiger partial charge in [-0.3, -0.25) is 15.1 Å². The Bertz CT molecular complexity index is 1740. The SMILES string of the molecule is CC1(NC(=O)OCC(c2ccc(Cl)c(-n3cccn3)c2)N2C(=N)N[C@](C#CC(C)(C)C(F)(F)F)(c3cc(F)cc(F)c3)C2=O)CC1. The van der Waals surface area contributed by atoms with Crippen LogP contribution >= 0.6 is 11.6 Å². The monoisotopic (exact) mass is 662 g/mol. The Morgan fingerprint density at radius 2 is 1.87 bits per heavy atom. The highest BCUT2D eigenvalue weighted by atomic mass is 35.5. The summed E-state index contributed by atoms with van der Waals surface area (Å²) in [6, 6.07) is 6.89. The van der Waals surface area contributed by atoms with Gasteiger partial charge in [-0.25, -0.2) is 18.3 Å². The minimum Gasteiger partial charge on any atom is -0.447 e. The Morgan fingerprint density at radius 1 is 1.20 bits per heavy atom. The first-order chi connectivity index (χ1) is 21.4. The molecule has 242 valence electrons. The van der Waals surface area contributed by atoms with Crippen molar-refractivity contribution in [2.45, 2.75) is 56.9 Å². The molecule has 2 atom stereocenters. The Hall–Kier alpha value is -4.64. The van der Waals surface area contributed by atoms with Crippen LogP contribution in [-0.4, -0.2) is 51.0 Å². The minimum atomic E-state index is -4.84. The van der Waals surface area contributed by atoms with Crippen molar-refractivity contribution in [2.75, 3.05) is 6.61 Å². The second-order valence-corrected chi connectivity index (χ2v) is 12.3. The molecule has 1 aliphatic heterocycles. The first-order valence-corrected chi connectivity index (χ1v) is 14.3. The van der Waals surface area contributed by atoms with E-state index in [-0.39, 0.29) is 10.6 Å². The normalized spacial score (nSPS) is 19.6. The van der Waals surface area contributed by atoms with Gasteiger partial charge in [0.2, 0.25) is 11.5 Å². The van der Waals surface area contributed by atoms with Crippen molar-refractivity contribution in [3.63, 3.8) is 0 Å². The maximum absolute atomic E-state index is 14.5. The third-order valence-electron chi connectivity index (χ3n) is 7.85. The molecule has 2 fully saturated rings. The minimum absolute atomic E-state index is 0.261. The number of alkyl halides is 3. The number of halogens is 6.